The number of nitriles is 1. The largest absolute Gasteiger partial charge is 0.383 e. The third-order valence-electron chi connectivity index (χ3n) is 7.10. The molecule has 12 heteroatoms. The number of methoxy groups -OCH3 is 1. The van der Waals surface area contributed by atoms with Crippen molar-refractivity contribution in [3.63, 3.8) is 0 Å². The number of likely N-dealkylation sites (N-methyl/N-ethyl adjacent to an activating group) is 2. The average molecular weight is 535 g/mol. The van der Waals surface area contributed by atoms with Gasteiger partial charge in [-0.3, -0.25) is 24.7 Å². The molecule has 0 aromatic carbocycles. The van der Waals surface area contributed by atoms with Gasteiger partial charge in [-0.05, 0) is 50.9 Å². The predicted octanol–water partition coefficient (Wildman–Crippen LogP) is 2.26. The van der Waals surface area contributed by atoms with E-state index in [2.05, 4.69) is 31.6 Å². The minimum absolute atomic E-state index is 0.0246. The van der Waals surface area contributed by atoms with E-state index in [0.29, 0.717) is 61.5 Å². The summed E-state index contributed by atoms with van der Waals surface area (Å²) in [7, 11) is 5.28. The Labute approximate surface area is 227 Å². The maximum atomic E-state index is 13.3. The topological polar surface area (TPSA) is 144 Å². The maximum absolute atomic E-state index is 13.3. The van der Waals surface area contributed by atoms with Crippen LogP contribution in [0.15, 0.2) is 18.3 Å². The van der Waals surface area contributed by atoms with E-state index in [1.54, 1.807) is 25.1 Å². The standard InChI is InChI=1S/C27H34N8O4/c1-33-9-5-7-23(33)26(37)34(2)16-19-12-18-6-4-10-35(25(18)31-22(19)17-36)27(38)32-24-13-21(29-8-11-39-3)20(14-28)15-30-24/h12-13,15,17,23H,4-11,16H2,1-3H3,(H2,29,30,32,38)/t23-/m1/s1. The van der Waals surface area contributed by atoms with E-state index in [1.165, 1.54) is 11.1 Å². The van der Waals surface area contributed by atoms with Gasteiger partial charge in [0, 0.05) is 51.6 Å². The fraction of sp³-hybridized carbons (Fsp3) is 0.481. The molecule has 0 spiro atoms. The van der Waals surface area contributed by atoms with Crippen molar-refractivity contribution in [3.8, 4) is 6.07 Å². The molecule has 1 fully saturated rings. The molecule has 4 heterocycles. The van der Waals surface area contributed by atoms with Gasteiger partial charge in [0.2, 0.25) is 5.91 Å². The number of hydrogen-bond donors (Lipinski definition) is 2. The molecule has 2 aromatic heterocycles. The number of likely N-dealkylation sites (tertiary alicyclic amines) is 1. The van der Waals surface area contributed by atoms with Crippen LogP contribution in [-0.4, -0.2) is 91.5 Å². The lowest BCUT2D eigenvalue weighted by molar-refractivity contribution is -0.134. The van der Waals surface area contributed by atoms with E-state index in [-0.39, 0.29) is 30.0 Å². The first-order valence-corrected chi connectivity index (χ1v) is 13.0. The molecule has 206 valence electrons. The summed E-state index contributed by atoms with van der Waals surface area (Å²) in [4.78, 5) is 52.2. The van der Waals surface area contributed by atoms with Crippen molar-refractivity contribution < 1.29 is 19.1 Å². The first-order chi connectivity index (χ1) is 18.9. The number of nitrogens with zero attached hydrogens (tertiary/aromatic N) is 6. The van der Waals surface area contributed by atoms with Gasteiger partial charge in [0.1, 0.15) is 23.4 Å². The Morgan fingerprint density at radius 1 is 1.31 bits per heavy atom. The zero-order valence-electron chi connectivity index (χ0n) is 22.6. The molecule has 0 unspecified atom stereocenters. The van der Waals surface area contributed by atoms with E-state index >= 15 is 0 Å². The van der Waals surface area contributed by atoms with Crippen LogP contribution in [0.1, 0.15) is 46.4 Å². The third kappa shape index (κ3) is 6.32. The Kier molecular flexibility index (Phi) is 9.06. The van der Waals surface area contributed by atoms with Gasteiger partial charge in [0.25, 0.3) is 0 Å². The number of hydrogen-bond acceptors (Lipinski definition) is 9. The second-order valence-corrected chi connectivity index (χ2v) is 9.80. The smallest absolute Gasteiger partial charge is 0.328 e. The van der Waals surface area contributed by atoms with Crippen LogP contribution >= 0.6 is 0 Å². The van der Waals surface area contributed by atoms with Crippen LogP contribution < -0.4 is 15.5 Å². The van der Waals surface area contributed by atoms with Crippen LogP contribution in [0, 0.1) is 11.3 Å². The SMILES string of the molecule is COCCNc1cc(NC(=O)N2CCCc3cc(CN(C)C(=O)[C@H]4CCCN4C)c(C=O)nc32)ncc1C#N. The summed E-state index contributed by atoms with van der Waals surface area (Å²) in [5.74, 6) is 0.716. The van der Waals surface area contributed by atoms with Crippen molar-refractivity contribution in [2.75, 3.05) is 63.0 Å². The summed E-state index contributed by atoms with van der Waals surface area (Å²) in [5.41, 5.74) is 2.58. The monoisotopic (exact) mass is 534 g/mol. The number of fused-ring (bicyclic) bond motifs is 1. The van der Waals surface area contributed by atoms with Gasteiger partial charge in [-0.1, -0.05) is 0 Å². The fourth-order valence-corrected chi connectivity index (χ4v) is 5.02. The molecule has 0 radical (unpaired) electrons. The number of amides is 3. The molecule has 2 aliphatic rings. The predicted molar refractivity (Wildman–Crippen MR) is 146 cm³/mol. The van der Waals surface area contributed by atoms with E-state index in [1.807, 2.05) is 13.1 Å². The number of ether oxygens (including phenoxy) is 1. The Hall–Kier alpha value is -4.08. The molecule has 0 aliphatic carbocycles. The second-order valence-electron chi connectivity index (χ2n) is 9.80. The highest BCUT2D eigenvalue weighted by molar-refractivity contribution is 6.02. The third-order valence-corrected chi connectivity index (χ3v) is 7.10. The van der Waals surface area contributed by atoms with E-state index in [0.717, 1.165) is 24.9 Å². The van der Waals surface area contributed by atoms with Crippen molar-refractivity contribution in [3.05, 3.63) is 40.7 Å². The summed E-state index contributed by atoms with van der Waals surface area (Å²) >= 11 is 0. The van der Waals surface area contributed by atoms with Gasteiger partial charge in [-0.2, -0.15) is 5.26 Å². The Balaban J connectivity index is 1.52. The number of nitrogens with one attached hydrogen (secondary N) is 2. The van der Waals surface area contributed by atoms with E-state index < -0.39 is 6.03 Å². The van der Waals surface area contributed by atoms with Crippen LogP contribution in [-0.2, 0) is 22.5 Å². The molecular weight excluding hydrogens is 500 g/mol. The van der Waals surface area contributed by atoms with Crippen LogP contribution in [0.25, 0.3) is 0 Å². The number of rotatable bonds is 9. The molecule has 39 heavy (non-hydrogen) atoms. The Bertz CT molecular complexity index is 1280. The van der Waals surface area contributed by atoms with Gasteiger partial charge in [-0.25, -0.2) is 14.8 Å². The first kappa shape index (κ1) is 27.9. The molecule has 1 atom stereocenters. The lowest BCUT2D eigenvalue weighted by Gasteiger charge is -2.30. The lowest BCUT2D eigenvalue weighted by Crippen LogP contribution is -2.42. The van der Waals surface area contributed by atoms with Crippen molar-refractivity contribution >= 4 is 35.5 Å². The Morgan fingerprint density at radius 2 is 2.13 bits per heavy atom. The number of urea groups is 1. The van der Waals surface area contributed by atoms with Crippen molar-refractivity contribution in [1.82, 2.24) is 19.8 Å². The quantitative estimate of drug-likeness (QED) is 0.366. The van der Waals surface area contributed by atoms with Crippen LogP contribution in [0.5, 0.6) is 0 Å². The molecular formula is C27H34N8O4. The summed E-state index contributed by atoms with van der Waals surface area (Å²) in [5, 5.41) is 15.2. The van der Waals surface area contributed by atoms with Crippen molar-refractivity contribution in [2.24, 2.45) is 0 Å². The molecule has 0 saturated carbocycles. The average Bonchev–Trinajstić information content (AvgIpc) is 3.37. The van der Waals surface area contributed by atoms with E-state index in [4.69, 9.17) is 4.74 Å². The van der Waals surface area contributed by atoms with Gasteiger partial charge < -0.3 is 15.0 Å². The fourth-order valence-electron chi connectivity index (χ4n) is 5.02. The highest BCUT2D eigenvalue weighted by atomic mass is 16.5. The van der Waals surface area contributed by atoms with Crippen molar-refractivity contribution in [2.45, 2.75) is 38.3 Å². The van der Waals surface area contributed by atoms with Gasteiger partial charge in [-0.15, -0.1) is 0 Å². The number of aromatic nitrogens is 2. The zero-order valence-corrected chi connectivity index (χ0v) is 22.6. The summed E-state index contributed by atoms with van der Waals surface area (Å²) in [6, 6.07) is 4.97. The summed E-state index contributed by atoms with van der Waals surface area (Å²) in [6.45, 7) is 2.52. The molecule has 0 bridgehead atoms. The molecule has 2 aromatic rings. The Morgan fingerprint density at radius 3 is 2.82 bits per heavy atom. The molecule has 2 N–H and O–H groups in total. The highest BCUT2D eigenvalue weighted by Crippen LogP contribution is 2.29. The van der Waals surface area contributed by atoms with E-state index in [9.17, 15) is 19.6 Å². The number of pyridine rings is 2. The van der Waals surface area contributed by atoms with Crippen LogP contribution in [0.2, 0.25) is 0 Å². The number of carbonyl (C=O) groups is 3. The maximum Gasteiger partial charge on any atom is 0.328 e. The number of anilines is 3. The van der Waals surface area contributed by atoms with Crippen LogP contribution in [0.3, 0.4) is 0 Å². The summed E-state index contributed by atoms with van der Waals surface area (Å²) in [6.07, 6.45) is 5.29. The summed E-state index contributed by atoms with van der Waals surface area (Å²) < 4.78 is 5.04. The normalized spacial score (nSPS) is 16.8. The number of aldehydes is 1. The second kappa shape index (κ2) is 12.6. The van der Waals surface area contributed by atoms with Gasteiger partial charge in [0.15, 0.2) is 6.29 Å². The minimum atomic E-state index is -0.440. The van der Waals surface area contributed by atoms with Gasteiger partial charge in [0.05, 0.1) is 23.9 Å². The minimum Gasteiger partial charge on any atom is -0.383 e. The molecule has 1 saturated heterocycles. The first-order valence-electron chi connectivity index (χ1n) is 13.0. The zero-order chi connectivity index (χ0) is 27.9. The van der Waals surface area contributed by atoms with Gasteiger partial charge >= 0.3 is 6.03 Å². The lowest BCUT2D eigenvalue weighted by atomic mass is 10.0. The van der Waals surface area contributed by atoms with Crippen molar-refractivity contribution in [1.29, 1.82) is 5.26 Å². The number of aryl methyl sites for hydroxylation is 1. The highest BCUT2D eigenvalue weighted by Gasteiger charge is 2.31. The molecule has 3 amide bonds. The molecule has 12 nitrogen and oxygen atoms in total. The molecule has 2 aliphatic heterocycles. The molecule has 4 rings (SSSR count). The number of carbonyl (C=O) groups excluding carboxylic acids is 3. The van der Waals surface area contributed by atoms with Crippen LogP contribution in [0.4, 0.5) is 22.1 Å².